The lowest BCUT2D eigenvalue weighted by atomic mass is 10.1. The van der Waals surface area contributed by atoms with Crippen LogP contribution >= 0.6 is 27.3 Å². The number of hydrogen-bond acceptors (Lipinski definition) is 5. The SMILES string of the molecule is O=S(=O)(NCc1ccnc(-c2ccncc2)c1)c1ccc(Br)s1. The van der Waals surface area contributed by atoms with Gasteiger partial charge in [0.2, 0.25) is 10.0 Å². The van der Waals surface area contributed by atoms with Crippen molar-refractivity contribution in [3.63, 3.8) is 0 Å². The van der Waals surface area contributed by atoms with E-state index in [2.05, 4.69) is 30.6 Å². The molecule has 0 radical (unpaired) electrons. The first kappa shape index (κ1) is 16.3. The monoisotopic (exact) mass is 409 g/mol. The van der Waals surface area contributed by atoms with Gasteiger partial charge in [-0.05, 0) is 57.9 Å². The molecule has 5 nitrogen and oxygen atoms in total. The first-order valence-electron chi connectivity index (χ1n) is 6.65. The summed E-state index contributed by atoms with van der Waals surface area (Å²) in [6, 6.07) is 10.7. The van der Waals surface area contributed by atoms with E-state index in [1.807, 2.05) is 18.2 Å². The molecule has 0 saturated carbocycles. The maximum atomic E-state index is 12.2. The number of halogens is 1. The lowest BCUT2D eigenvalue weighted by Gasteiger charge is -2.07. The smallest absolute Gasteiger partial charge is 0.250 e. The molecule has 0 aliphatic heterocycles. The summed E-state index contributed by atoms with van der Waals surface area (Å²) in [6.07, 6.45) is 5.06. The fourth-order valence-corrected chi connectivity index (χ4v) is 5.03. The molecule has 3 rings (SSSR count). The largest absolute Gasteiger partial charge is 0.265 e. The van der Waals surface area contributed by atoms with Gasteiger partial charge in [0.25, 0.3) is 0 Å². The van der Waals surface area contributed by atoms with Crippen molar-refractivity contribution in [2.24, 2.45) is 0 Å². The lowest BCUT2D eigenvalue weighted by Crippen LogP contribution is -2.22. The highest BCUT2D eigenvalue weighted by Crippen LogP contribution is 2.26. The highest BCUT2D eigenvalue weighted by Gasteiger charge is 2.16. The van der Waals surface area contributed by atoms with Crippen LogP contribution in [0.3, 0.4) is 0 Å². The van der Waals surface area contributed by atoms with Gasteiger partial charge in [0.15, 0.2) is 0 Å². The van der Waals surface area contributed by atoms with Crippen LogP contribution in [0.4, 0.5) is 0 Å². The molecule has 0 saturated heterocycles. The molecule has 0 spiro atoms. The fourth-order valence-electron chi connectivity index (χ4n) is 1.96. The number of hydrogen-bond donors (Lipinski definition) is 1. The number of aromatic nitrogens is 2. The van der Waals surface area contributed by atoms with Crippen molar-refractivity contribution in [2.45, 2.75) is 10.8 Å². The van der Waals surface area contributed by atoms with Crippen LogP contribution < -0.4 is 4.72 Å². The standard InChI is InChI=1S/C15H12BrN3O2S2/c16-14-1-2-15(22-14)23(20,21)19-10-11-3-8-18-13(9-11)12-4-6-17-7-5-12/h1-9,19H,10H2. The molecule has 3 heterocycles. The Hall–Kier alpha value is -1.61. The van der Waals surface area contributed by atoms with E-state index >= 15 is 0 Å². The third-order valence-corrected chi connectivity index (χ3v) is 6.60. The minimum atomic E-state index is -3.51. The minimum Gasteiger partial charge on any atom is -0.265 e. The van der Waals surface area contributed by atoms with Crippen molar-refractivity contribution >= 4 is 37.3 Å². The Morgan fingerprint density at radius 3 is 2.57 bits per heavy atom. The predicted octanol–water partition coefficient (Wildman–Crippen LogP) is 3.45. The van der Waals surface area contributed by atoms with E-state index in [1.54, 1.807) is 36.8 Å². The molecule has 0 aliphatic rings. The summed E-state index contributed by atoms with van der Waals surface area (Å²) in [7, 11) is -3.51. The zero-order valence-corrected chi connectivity index (χ0v) is 15.0. The van der Waals surface area contributed by atoms with Gasteiger partial charge in [0.05, 0.1) is 9.48 Å². The van der Waals surface area contributed by atoms with Crippen molar-refractivity contribution < 1.29 is 8.42 Å². The van der Waals surface area contributed by atoms with E-state index in [0.29, 0.717) is 0 Å². The molecule has 0 amide bonds. The second-order valence-electron chi connectivity index (χ2n) is 4.67. The third-order valence-electron chi connectivity index (χ3n) is 3.08. The highest BCUT2D eigenvalue weighted by molar-refractivity contribution is 9.11. The Bertz CT molecular complexity index is 911. The van der Waals surface area contributed by atoms with E-state index in [4.69, 9.17) is 0 Å². The van der Waals surface area contributed by atoms with Crippen molar-refractivity contribution in [1.82, 2.24) is 14.7 Å². The highest BCUT2D eigenvalue weighted by atomic mass is 79.9. The molecule has 1 N–H and O–H groups in total. The first-order chi connectivity index (χ1) is 11.0. The van der Waals surface area contributed by atoms with Gasteiger partial charge in [-0.25, -0.2) is 13.1 Å². The molecular weight excluding hydrogens is 398 g/mol. The van der Waals surface area contributed by atoms with Crippen LogP contribution in [0, 0.1) is 0 Å². The minimum absolute atomic E-state index is 0.207. The number of rotatable bonds is 5. The molecule has 118 valence electrons. The zero-order chi connectivity index (χ0) is 16.3. The second kappa shape index (κ2) is 6.88. The number of sulfonamides is 1. The fraction of sp³-hybridized carbons (Fsp3) is 0.0667. The van der Waals surface area contributed by atoms with Gasteiger partial charge in [-0.2, -0.15) is 0 Å². The molecule has 3 aromatic rings. The Balaban J connectivity index is 1.76. The van der Waals surface area contributed by atoms with E-state index in [-0.39, 0.29) is 10.8 Å². The van der Waals surface area contributed by atoms with E-state index in [9.17, 15) is 8.42 Å². The summed E-state index contributed by atoms with van der Waals surface area (Å²) in [5.74, 6) is 0. The Labute approximate surface area is 146 Å². The molecule has 0 fully saturated rings. The van der Waals surface area contributed by atoms with E-state index in [1.165, 1.54) is 11.3 Å². The van der Waals surface area contributed by atoms with Gasteiger partial charge < -0.3 is 0 Å². The van der Waals surface area contributed by atoms with Gasteiger partial charge in [-0.15, -0.1) is 11.3 Å². The van der Waals surface area contributed by atoms with Crippen molar-refractivity contribution in [2.75, 3.05) is 0 Å². The summed E-state index contributed by atoms with van der Waals surface area (Å²) >= 11 is 4.45. The zero-order valence-electron chi connectivity index (χ0n) is 11.8. The number of nitrogens with one attached hydrogen (secondary N) is 1. The molecule has 0 atom stereocenters. The quantitative estimate of drug-likeness (QED) is 0.700. The van der Waals surface area contributed by atoms with Crippen LogP contribution in [0.2, 0.25) is 0 Å². The summed E-state index contributed by atoms with van der Waals surface area (Å²) in [5.41, 5.74) is 2.56. The third kappa shape index (κ3) is 4.03. The summed E-state index contributed by atoms with van der Waals surface area (Å²) in [4.78, 5) is 8.28. The predicted molar refractivity (Wildman–Crippen MR) is 93.5 cm³/mol. The van der Waals surface area contributed by atoms with Crippen molar-refractivity contribution in [1.29, 1.82) is 0 Å². The number of thiophene rings is 1. The molecule has 0 unspecified atom stereocenters. The molecule has 8 heteroatoms. The number of nitrogens with zero attached hydrogens (tertiary/aromatic N) is 2. The van der Waals surface area contributed by atoms with Gasteiger partial charge in [0, 0.05) is 30.7 Å². The lowest BCUT2D eigenvalue weighted by molar-refractivity contribution is 0.583. The van der Waals surface area contributed by atoms with Crippen molar-refractivity contribution in [3.8, 4) is 11.3 Å². The van der Waals surface area contributed by atoms with Gasteiger partial charge in [-0.1, -0.05) is 0 Å². The summed E-state index contributed by atoms with van der Waals surface area (Å²) < 4.78 is 28.1. The second-order valence-corrected chi connectivity index (χ2v) is 9.13. The number of pyridine rings is 2. The van der Waals surface area contributed by atoms with E-state index in [0.717, 1.165) is 20.6 Å². The van der Waals surface area contributed by atoms with Crippen molar-refractivity contribution in [3.05, 3.63) is 64.3 Å². The average Bonchev–Trinajstić information content (AvgIpc) is 3.02. The van der Waals surface area contributed by atoms with Crippen LogP contribution in [0.5, 0.6) is 0 Å². The van der Waals surface area contributed by atoms with Gasteiger partial charge >= 0.3 is 0 Å². The van der Waals surface area contributed by atoms with E-state index < -0.39 is 10.0 Å². The molecule has 0 bridgehead atoms. The Morgan fingerprint density at radius 2 is 1.87 bits per heavy atom. The Kier molecular flexibility index (Phi) is 4.86. The maximum absolute atomic E-state index is 12.2. The van der Waals surface area contributed by atoms with Gasteiger partial charge in [-0.3, -0.25) is 9.97 Å². The summed E-state index contributed by atoms with van der Waals surface area (Å²) in [5, 5.41) is 0. The molecule has 0 aliphatic carbocycles. The summed E-state index contributed by atoms with van der Waals surface area (Å²) in [6.45, 7) is 0.207. The average molecular weight is 410 g/mol. The normalized spacial score (nSPS) is 11.5. The Morgan fingerprint density at radius 1 is 1.09 bits per heavy atom. The molecule has 23 heavy (non-hydrogen) atoms. The van der Waals surface area contributed by atoms with Crippen LogP contribution in [-0.2, 0) is 16.6 Å². The van der Waals surface area contributed by atoms with Gasteiger partial charge in [0.1, 0.15) is 4.21 Å². The molecular formula is C15H12BrN3O2S2. The topological polar surface area (TPSA) is 72.0 Å². The first-order valence-corrected chi connectivity index (χ1v) is 9.74. The van der Waals surface area contributed by atoms with Crippen LogP contribution in [0.15, 0.2) is 63.0 Å². The van der Waals surface area contributed by atoms with Crippen LogP contribution in [-0.4, -0.2) is 18.4 Å². The van der Waals surface area contributed by atoms with Crippen LogP contribution in [0.1, 0.15) is 5.56 Å². The molecule has 3 aromatic heterocycles. The van der Waals surface area contributed by atoms with Crippen LogP contribution in [0.25, 0.3) is 11.3 Å². The maximum Gasteiger partial charge on any atom is 0.250 e. The molecule has 0 aromatic carbocycles.